The summed E-state index contributed by atoms with van der Waals surface area (Å²) < 4.78 is 0.846. The molecule has 0 bridgehead atoms. The Bertz CT molecular complexity index is 1100. The molecule has 1 radical (unpaired) electrons. The Kier molecular flexibility index (Phi) is 4.95. The van der Waals surface area contributed by atoms with Crippen molar-refractivity contribution in [3.8, 4) is 0 Å². The van der Waals surface area contributed by atoms with Gasteiger partial charge in [-0.3, -0.25) is 9.59 Å². The quantitative estimate of drug-likeness (QED) is 0.624. The first-order chi connectivity index (χ1) is 13.4. The van der Waals surface area contributed by atoms with Crippen molar-refractivity contribution >= 4 is 61.8 Å². The number of nitrogens with one attached hydrogen (secondary N) is 2. The van der Waals surface area contributed by atoms with Crippen LogP contribution in [0.25, 0.3) is 10.9 Å². The molecule has 3 aromatic rings. The molecule has 0 saturated carbocycles. The van der Waals surface area contributed by atoms with Crippen molar-refractivity contribution in [2.24, 2.45) is 0 Å². The number of halogens is 2. The van der Waals surface area contributed by atoms with E-state index in [9.17, 15) is 9.59 Å². The van der Waals surface area contributed by atoms with E-state index in [0.717, 1.165) is 9.86 Å². The molecule has 28 heavy (non-hydrogen) atoms. The largest absolute Gasteiger partial charge is 0.337 e. The molecule has 0 spiro atoms. The van der Waals surface area contributed by atoms with Gasteiger partial charge in [0.2, 0.25) is 5.91 Å². The molecule has 1 aliphatic rings. The second-order valence-corrected chi connectivity index (χ2v) is 7.78. The highest BCUT2D eigenvalue weighted by Crippen LogP contribution is 2.31. The first kappa shape index (κ1) is 18.7. The summed E-state index contributed by atoms with van der Waals surface area (Å²) in [4.78, 5) is 31.3. The fourth-order valence-corrected chi connectivity index (χ4v) is 3.68. The Morgan fingerprint density at radius 2 is 2.18 bits per heavy atom. The molecule has 4 rings (SSSR count). The van der Waals surface area contributed by atoms with Gasteiger partial charge in [-0.25, -0.2) is 4.98 Å². The molecule has 141 valence electrons. The van der Waals surface area contributed by atoms with Crippen LogP contribution in [0.2, 0.25) is 5.02 Å². The van der Waals surface area contributed by atoms with E-state index >= 15 is 0 Å². The lowest BCUT2D eigenvalue weighted by Gasteiger charge is -2.20. The lowest BCUT2D eigenvalue weighted by molar-refractivity contribution is -0.118. The molecule has 2 amide bonds. The predicted molar refractivity (Wildman–Crippen MR) is 113 cm³/mol. The van der Waals surface area contributed by atoms with Gasteiger partial charge in [0.25, 0.3) is 5.91 Å². The van der Waals surface area contributed by atoms with E-state index in [1.54, 1.807) is 18.2 Å². The smallest absolute Gasteiger partial charge is 0.256 e. The number of hydrogen-bond acceptors (Lipinski definition) is 4. The molecule has 1 saturated heterocycles. The standard InChI is InChI=1S/C20H15BrClN4O2/c1-11-18(20(28)24-14-5-3-13(22)4-6-14)15-8-12(21)2-7-16(15)25-19(11)26-9-17(27)23-10-26/h2-5,7-8H,9-10H2,1H3,(H,23,27)(H,24,28). The van der Waals surface area contributed by atoms with Crippen LogP contribution in [0.15, 0.2) is 40.9 Å². The highest BCUT2D eigenvalue weighted by atomic mass is 79.9. The van der Waals surface area contributed by atoms with E-state index in [0.29, 0.717) is 39.8 Å². The molecule has 8 heteroatoms. The molecule has 6 nitrogen and oxygen atoms in total. The van der Waals surface area contributed by atoms with Crippen molar-refractivity contribution in [2.45, 2.75) is 6.92 Å². The van der Waals surface area contributed by atoms with E-state index in [2.05, 4.69) is 32.6 Å². The van der Waals surface area contributed by atoms with Gasteiger partial charge in [0.1, 0.15) is 12.4 Å². The summed E-state index contributed by atoms with van der Waals surface area (Å²) in [5, 5.41) is 6.90. The Labute approximate surface area is 175 Å². The lowest BCUT2D eigenvalue weighted by Crippen LogP contribution is -2.25. The van der Waals surface area contributed by atoms with Gasteiger partial charge in [-0.15, -0.1) is 0 Å². The minimum Gasteiger partial charge on any atom is -0.337 e. The second kappa shape index (κ2) is 7.41. The highest BCUT2D eigenvalue weighted by molar-refractivity contribution is 9.10. The number of benzene rings is 2. The van der Waals surface area contributed by atoms with Gasteiger partial charge < -0.3 is 15.5 Å². The Hall–Kier alpha value is -2.64. The maximum Gasteiger partial charge on any atom is 0.256 e. The molecule has 0 aliphatic carbocycles. The summed E-state index contributed by atoms with van der Waals surface area (Å²) in [5.41, 5.74) is 2.40. The summed E-state index contributed by atoms with van der Waals surface area (Å²) in [6.07, 6.45) is 0. The summed E-state index contributed by atoms with van der Waals surface area (Å²) in [5.74, 6) is 0.263. The maximum absolute atomic E-state index is 13.2. The number of hydrogen-bond donors (Lipinski definition) is 2. The van der Waals surface area contributed by atoms with E-state index in [4.69, 9.17) is 16.6 Å². The molecular weight excluding hydrogens is 444 g/mol. The van der Waals surface area contributed by atoms with Crippen LogP contribution in [0, 0.1) is 13.0 Å². The third-order valence-corrected chi connectivity index (χ3v) is 5.24. The monoisotopic (exact) mass is 457 g/mol. The number of pyridine rings is 1. The number of fused-ring (bicyclic) bond motifs is 1. The summed E-state index contributed by atoms with van der Waals surface area (Å²) >= 11 is 9.36. The molecule has 2 N–H and O–H groups in total. The van der Waals surface area contributed by atoms with Gasteiger partial charge in [-0.05, 0) is 43.3 Å². The summed E-state index contributed by atoms with van der Waals surface area (Å²) in [6, 6.07) is 13.5. The minimum absolute atomic E-state index is 0.0705. The molecule has 2 heterocycles. The Balaban J connectivity index is 1.83. The molecule has 1 fully saturated rings. The zero-order valence-corrected chi connectivity index (χ0v) is 17.2. The van der Waals surface area contributed by atoms with Crippen molar-refractivity contribution in [2.75, 3.05) is 23.4 Å². The van der Waals surface area contributed by atoms with Crippen LogP contribution in [-0.2, 0) is 4.79 Å². The van der Waals surface area contributed by atoms with Gasteiger partial charge in [0, 0.05) is 32.2 Å². The van der Waals surface area contributed by atoms with Crippen molar-refractivity contribution in [3.63, 3.8) is 0 Å². The van der Waals surface area contributed by atoms with Crippen LogP contribution >= 0.6 is 27.5 Å². The average molecular weight is 459 g/mol. The second-order valence-electron chi connectivity index (χ2n) is 6.43. The van der Waals surface area contributed by atoms with Crippen molar-refractivity contribution in [1.29, 1.82) is 0 Å². The van der Waals surface area contributed by atoms with Crippen LogP contribution < -0.4 is 15.5 Å². The van der Waals surface area contributed by atoms with Gasteiger partial charge in [-0.2, -0.15) is 0 Å². The summed E-state index contributed by atoms with van der Waals surface area (Å²) in [7, 11) is 0. The number of carbonyl (C=O) groups excluding carboxylic acids is 2. The van der Waals surface area contributed by atoms with E-state index < -0.39 is 0 Å². The molecule has 0 atom stereocenters. The minimum atomic E-state index is -0.277. The Morgan fingerprint density at radius 3 is 2.86 bits per heavy atom. The van der Waals surface area contributed by atoms with Crippen LogP contribution in [0.5, 0.6) is 0 Å². The van der Waals surface area contributed by atoms with Crippen LogP contribution in [0.4, 0.5) is 11.5 Å². The van der Waals surface area contributed by atoms with E-state index in [1.807, 2.05) is 30.0 Å². The molecule has 0 unspecified atom stereocenters. The maximum atomic E-state index is 13.2. The number of aromatic nitrogens is 1. The van der Waals surface area contributed by atoms with Crippen molar-refractivity contribution < 1.29 is 9.59 Å². The fourth-order valence-electron chi connectivity index (χ4n) is 3.21. The van der Waals surface area contributed by atoms with Crippen LogP contribution in [0.3, 0.4) is 0 Å². The highest BCUT2D eigenvalue weighted by Gasteiger charge is 2.26. The molecule has 2 aromatic carbocycles. The number of anilines is 2. The lowest BCUT2D eigenvalue weighted by atomic mass is 10.0. The number of amides is 2. The van der Waals surface area contributed by atoms with Crippen molar-refractivity contribution in [1.82, 2.24) is 10.3 Å². The predicted octanol–water partition coefficient (Wildman–Crippen LogP) is 3.91. The molecular formula is C20H15BrClN4O2. The van der Waals surface area contributed by atoms with Gasteiger partial charge in [0.15, 0.2) is 0 Å². The van der Waals surface area contributed by atoms with Gasteiger partial charge >= 0.3 is 0 Å². The SMILES string of the molecule is Cc1c(N2CNC(=O)C2)nc2ccc(Br)cc2c1C(=O)Nc1[c]cc(Cl)cc1. The normalized spacial score (nSPS) is 13.7. The summed E-state index contributed by atoms with van der Waals surface area (Å²) in [6.45, 7) is 2.41. The van der Waals surface area contributed by atoms with Gasteiger partial charge in [0.05, 0.1) is 17.7 Å². The first-order valence-electron chi connectivity index (χ1n) is 8.52. The molecule has 1 aromatic heterocycles. The van der Waals surface area contributed by atoms with Gasteiger partial charge in [-0.1, -0.05) is 27.5 Å². The zero-order valence-electron chi connectivity index (χ0n) is 14.8. The topological polar surface area (TPSA) is 74.3 Å². The number of carbonyl (C=O) groups is 2. The van der Waals surface area contributed by atoms with E-state index in [1.165, 1.54) is 0 Å². The van der Waals surface area contributed by atoms with E-state index in [-0.39, 0.29) is 18.4 Å². The van der Waals surface area contributed by atoms with Crippen LogP contribution in [0.1, 0.15) is 15.9 Å². The van der Waals surface area contributed by atoms with Crippen LogP contribution in [-0.4, -0.2) is 30.0 Å². The third kappa shape index (κ3) is 3.55. The number of rotatable bonds is 3. The van der Waals surface area contributed by atoms with Crippen molar-refractivity contribution in [3.05, 3.63) is 63.1 Å². The first-order valence-corrected chi connectivity index (χ1v) is 9.69. The third-order valence-electron chi connectivity index (χ3n) is 4.52. The fraction of sp³-hybridized carbons (Fsp3) is 0.150. The zero-order chi connectivity index (χ0) is 19.8. The number of nitrogens with zero attached hydrogens (tertiary/aromatic N) is 2. The molecule has 1 aliphatic heterocycles. The Morgan fingerprint density at radius 1 is 1.36 bits per heavy atom. The average Bonchev–Trinajstić information content (AvgIpc) is 3.09.